The van der Waals surface area contributed by atoms with Gasteiger partial charge in [-0.25, -0.2) is 4.39 Å². The van der Waals surface area contributed by atoms with E-state index in [-0.39, 0.29) is 5.82 Å². The van der Waals surface area contributed by atoms with E-state index in [4.69, 9.17) is 17.3 Å². The first-order valence-corrected chi connectivity index (χ1v) is 6.36. The number of nitrogens with zero attached hydrogens (tertiary/aromatic N) is 1. The number of aryl methyl sites for hydroxylation is 1. The Morgan fingerprint density at radius 2 is 1.95 bits per heavy atom. The molecule has 2 aromatic rings. The zero-order chi connectivity index (χ0) is 14.0. The lowest BCUT2D eigenvalue weighted by Crippen LogP contribution is -2.18. The van der Waals surface area contributed by atoms with Crippen LogP contribution in [0.25, 0.3) is 0 Å². The number of nitrogens with two attached hydrogens (primary N) is 1. The zero-order valence-electron chi connectivity index (χ0n) is 11.0. The Bertz CT molecular complexity index is 599. The molecule has 0 fully saturated rings. The zero-order valence-corrected chi connectivity index (χ0v) is 11.7. The highest BCUT2D eigenvalue weighted by molar-refractivity contribution is 6.31. The van der Waals surface area contributed by atoms with Crippen LogP contribution in [0.15, 0.2) is 36.4 Å². The third kappa shape index (κ3) is 3.18. The Labute approximate surface area is 117 Å². The number of nitrogen functional groups attached to an aromatic ring is 1. The van der Waals surface area contributed by atoms with E-state index < -0.39 is 0 Å². The number of anilines is 2. The predicted octanol–water partition coefficient (Wildman–Crippen LogP) is 4.01. The van der Waals surface area contributed by atoms with Crippen LogP contribution in [0.3, 0.4) is 0 Å². The normalized spacial score (nSPS) is 10.5. The second-order valence-corrected chi connectivity index (χ2v) is 5.07. The van der Waals surface area contributed by atoms with E-state index in [9.17, 15) is 4.39 Å². The molecule has 2 aromatic carbocycles. The average molecular weight is 279 g/mol. The highest BCUT2D eigenvalue weighted by Gasteiger charge is 2.08. The molecular weight excluding hydrogens is 263 g/mol. The van der Waals surface area contributed by atoms with Gasteiger partial charge < -0.3 is 10.6 Å². The molecule has 2 rings (SSSR count). The van der Waals surface area contributed by atoms with Gasteiger partial charge in [-0.3, -0.25) is 0 Å². The summed E-state index contributed by atoms with van der Waals surface area (Å²) >= 11 is 5.98. The summed E-state index contributed by atoms with van der Waals surface area (Å²) < 4.78 is 13.1. The molecule has 0 aliphatic rings. The quantitative estimate of drug-likeness (QED) is 0.860. The molecule has 0 radical (unpaired) electrons. The summed E-state index contributed by atoms with van der Waals surface area (Å²) in [6.45, 7) is 2.55. The number of hydrogen-bond acceptors (Lipinski definition) is 2. The van der Waals surface area contributed by atoms with Crippen molar-refractivity contribution in [2.45, 2.75) is 13.5 Å². The van der Waals surface area contributed by atoms with E-state index in [2.05, 4.69) is 0 Å². The summed E-state index contributed by atoms with van der Waals surface area (Å²) in [4.78, 5) is 2.00. The molecule has 0 amide bonds. The fourth-order valence-corrected chi connectivity index (χ4v) is 2.19. The Kier molecular flexibility index (Phi) is 3.96. The Hall–Kier alpha value is -1.74. The van der Waals surface area contributed by atoms with Crippen LogP contribution in [-0.2, 0) is 6.54 Å². The molecule has 2 nitrogen and oxygen atoms in total. The van der Waals surface area contributed by atoms with Crippen LogP contribution in [0.5, 0.6) is 0 Å². The number of benzene rings is 2. The van der Waals surface area contributed by atoms with Gasteiger partial charge in [0.05, 0.1) is 11.4 Å². The lowest BCUT2D eigenvalue weighted by Gasteiger charge is -2.22. The molecule has 0 aliphatic heterocycles. The van der Waals surface area contributed by atoms with Crippen LogP contribution in [-0.4, -0.2) is 7.05 Å². The van der Waals surface area contributed by atoms with Crippen LogP contribution < -0.4 is 10.6 Å². The van der Waals surface area contributed by atoms with Crippen LogP contribution in [0.1, 0.15) is 11.1 Å². The summed E-state index contributed by atoms with van der Waals surface area (Å²) in [7, 11) is 1.94. The molecule has 0 aliphatic carbocycles. The molecule has 0 spiro atoms. The lowest BCUT2D eigenvalue weighted by molar-refractivity contribution is 0.625. The summed E-state index contributed by atoms with van der Waals surface area (Å²) in [5, 5.41) is 0.645. The minimum Gasteiger partial charge on any atom is -0.397 e. The van der Waals surface area contributed by atoms with Gasteiger partial charge in [0.2, 0.25) is 0 Å². The second kappa shape index (κ2) is 5.49. The van der Waals surface area contributed by atoms with Crippen molar-refractivity contribution in [3.63, 3.8) is 0 Å². The van der Waals surface area contributed by atoms with Crippen molar-refractivity contribution in [3.05, 3.63) is 58.4 Å². The first kappa shape index (κ1) is 13.7. The largest absolute Gasteiger partial charge is 0.397 e. The SMILES string of the molecule is Cc1cc(F)ccc1CN(C)c1cc(Cl)ccc1N. The van der Waals surface area contributed by atoms with E-state index in [1.54, 1.807) is 18.2 Å². The minimum atomic E-state index is -0.217. The molecule has 4 heteroatoms. The highest BCUT2D eigenvalue weighted by atomic mass is 35.5. The maximum Gasteiger partial charge on any atom is 0.123 e. The number of hydrogen-bond donors (Lipinski definition) is 1. The molecule has 0 atom stereocenters. The Morgan fingerprint density at radius 1 is 1.21 bits per heavy atom. The fourth-order valence-electron chi connectivity index (χ4n) is 2.02. The van der Waals surface area contributed by atoms with E-state index in [0.717, 1.165) is 16.8 Å². The fraction of sp³-hybridized carbons (Fsp3) is 0.200. The molecule has 0 unspecified atom stereocenters. The van der Waals surface area contributed by atoms with E-state index in [1.165, 1.54) is 12.1 Å². The topological polar surface area (TPSA) is 29.3 Å². The van der Waals surface area contributed by atoms with Gasteiger partial charge in [-0.1, -0.05) is 17.7 Å². The van der Waals surface area contributed by atoms with Gasteiger partial charge in [0.15, 0.2) is 0 Å². The van der Waals surface area contributed by atoms with Gasteiger partial charge >= 0.3 is 0 Å². The third-order valence-corrected chi connectivity index (χ3v) is 3.35. The van der Waals surface area contributed by atoms with Crippen LogP contribution in [0, 0.1) is 12.7 Å². The van der Waals surface area contributed by atoms with Crippen LogP contribution in [0.4, 0.5) is 15.8 Å². The number of rotatable bonds is 3. The van der Waals surface area contributed by atoms with Gasteiger partial charge in [-0.2, -0.15) is 0 Å². The second-order valence-electron chi connectivity index (χ2n) is 4.63. The summed E-state index contributed by atoms with van der Waals surface area (Å²) in [5.41, 5.74) is 9.47. The van der Waals surface area contributed by atoms with Crippen molar-refractivity contribution in [1.82, 2.24) is 0 Å². The smallest absolute Gasteiger partial charge is 0.123 e. The van der Waals surface area contributed by atoms with Gasteiger partial charge in [0.1, 0.15) is 5.82 Å². The molecule has 0 heterocycles. The molecule has 0 bridgehead atoms. The van der Waals surface area contributed by atoms with Gasteiger partial charge in [-0.15, -0.1) is 0 Å². The van der Waals surface area contributed by atoms with Crippen molar-refractivity contribution in [2.75, 3.05) is 17.7 Å². The first-order valence-electron chi connectivity index (χ1n) is 5.98. The van der Waals surface area contributed by atoms with Crippen molar-refractivity contribution in [3.8, 4) is 0 Å². The summed E-state index contributed by atoms with van der Waals surface area (Å²) in [6.07, 6.45) is 0. The minimum absolute atomic E-state index is 0.217. The van der Waals surface area contributed by atoms with E-state index in [0.29, 0.717) is 17.3 Å². The predicted molar refractivity (Wildman–Crippen MR) is 79.1 cm³/mol. The van der Waals surface area contributed by atoms with E-state index >= 15 is 0 Å². The van der Waals surface area contributed by atoms with Gasteiger partial charge in [-0.05, 0) is 48.4 Å². The molecule has 0 saturated carbocycles. The standard InChI is InChI=1S/C15H16ClFN2/c1-10-7-13(17)5-3-11(10)9-19(2)15-8-12(16)4-6-14(15)18/h3-8H,9,18H2,1-2H3. The summed E-state index contributed by atoms with van der Waals surface area (Å²) in [6, 6.07) is 10.2. The number of halogens is 2. The van der Waals surface area contributed by atoms with Gasteiger partial charge in [0, 0.05) is 18.6 Å². The van der Waals surface area contributed by atoms with Crippen molar-refractivity contribution < 1.29 is 4.39 Å². The van der Waals surface area contributed by atoms with Crippen LogP contribution >= 0.6 is 11.6 Å². The lowest BCUT2D eigenvalue weighted by atomic mass is 10.1. The van der Waals surface area contributed by atoms with Crippen molar-refractivity contribution >= 4 is 23.0 Å². The average Bonchev–Trinajstić information content (AvgIpc) is 2.35. The van der Waals surface area contributed by atoms with E-state index in [1.807, 2.05) is 24.9 Å². The molecular formula is C15H16ClFN2. The Morgan fingerprint density at radius 3 is 2.63 bits per heavy atom. The summed E-state index contributed by atoms with van der Waals surface area (Å²) in [5.74, 6) is -0.217. The molecule has 0 aromatic heterocycles. The monoisotopic (exact) mass is 278 g/mol. The third-order valence-electron chi connectivity index (χ3n) is 3.12. The molecule has 19 heavy (non-hydrogen) atoms. The maximum atomic E-state index is 13.1. The highest BCUT2D eigenvalue weighted by Crippen LogP contribution is 2.27. The van der Waals surface area contributed by atoms with Crippen molar-refractivity contribution in [1.29, 1.82) is 0 Å². The first-order chi connectivity index (χ1) is 8.97. The Balaban J connectivity index is 2.25. The van der Waals surface area contributed by atoms with Gasteiger partial charge in [0.25, 0.3) is 0 Å². The molecule has 2 N–H and O–H groups in total. The van der Waals surface area contributed by atoms with Crippen molar-refractivity contribution in [2.24, 2.45) is 0 Å². The van der Waals surface area contributed by atoms with Crippen LogP contribution in [0.2, 0.25) is 5.02 Å². The molecule has 100 valence electrons. The molecule has 0 saturated heterocycles. The maximum absolute atomic E-state index is 13.1.